The number of aromatic nitrogens is 2. The van der Waals surface area contributed by atoms with Crippen LogP contribution in [0.5, 0.6) is 0 Å². The van der Waals surface area contributed by atoms with E-state index in [1.54, 1.807) is 6.20 Å². The number of pyridine rings is 1. The first-order chi connectivity index (χ1) is 10.7. The number of aromatic amines is 1. The molecule has 3 heterocycles. The Kier molecular flexibility index (Phi) is 3.12. The second-order valence-electron chi connectivity index (χ2n) is 5.47. The zero-order chi connectivity index (χ0) is 15.1. The smallest absolute Gasteiger partial charge is 0.254 e. The third kappa shape index (κ3) is 2.16. The molecule has 0 bridgehead atoms. The Morgan fingerprint density at radius 2 is 2.09 bits per heavy atom. The number of carbonyl (C=O) groups excluding carboxylic acids is 1. The Labute approximate surface area is 132 Å². The van der Waals surface area contributed by atoms with Crippen LogP contribution >= 0.6 is 11.6 Å². The number of benzene rings is 1. The molecule has 2 aromatic heterocycles. The fourth-order valence-electron chi connectivity index (χ4n) is 3.00. The first kappa shape index (κ1) is 13.3. The zero-order valence-corrected chi connectivity index (χ0v) is 12.6. The van der Waals surface area contributed by atoms with E-state index in [0.717, 1.165) is 34.3 Å². The second kappa shape index (κ2) is 5.14. The molecule has 1 aromatic carbocycles. The molecule has 0 radical (unpaired) electrons. The minimum Gasteiger partial charge on any atom is -0.343 e. The van der Waals surface area contributed by atoms with Crippen LogP contribution in [-0.4, -0.2) is 27.3 Å². The van der Waals surface area contributed by atoms with E-state index in [-0.39, 0.29) is 5.91 Å². The first-order valence-corrected chi connectivity index (χ1v) is 7.59. The Balaban J connectivity index is 1.70. The van der Waals surface area contributed by atoms with Crippen molar-refractivity contribution in [2.24, 2.45) is 0 Å². The van der Waals surface area contributed by atoms with Crippen molar-refractivity contribution in [2.75, 3.05) is 6.54 Å². The lowest BCUT2D eigenvalue weighted by Gasteiger charge is -2.27. The normalized spacial score (nSPS) is 14.1. The largest absolute Gasteiger partial charge is 0.343 e. The maximum Gasteiger partial charge on any atom is 0.254 e. The van der Waals surface area contributed by atoms with Gasteiger partial charge in [0.15, 0.2) is 0 Å². The highest BCUT2D eigenvalue weighted by atomic mass is 35.5. The minimum atomic E-state index is 0.0654. The molecule has 0 spiro atoms. The van der Waals surface area contributed by atoms with Crippen molar-refractivity contribution in [3.63, 3.8) is 0 Å². The molecule has 1 aliphatic heterocycles. The first-order valence-electron chi connectivity index (χ1n) is 7.21. The number of hydrogen-bond donors (Lipinski definition) is 1. The van der Waals surface area contributed by atoms with Crippen LogP contribution in [0.15, 0.2) is 42.6 Å². The van der Waals surface area contributed by atoms with Crippen LogP contribution in [0.4, 0.5) is 0 Å². The van der Waals surface area contributed by atoms with Crippen molar-refractivity contribution in [3.8, 4) is 0 Å². The predicted molar refractivity (Wildman–Crippen MR) is 86.0 cm³/mol. The molecule has 1 N–H and O–H groups in total. The van der Waals surface area contributed by atoms with Gasteiger partial charge in [0.2, 0.25) is 0 Å². The average molecular weight is 312 g/mol. The van der Waals surface area contributed by atoms with Gasteiger partial charge in [0.05, 0.1) is 5.02 Å². The molecule has 0 unspecified atom stereocenters. The van der Waals surface area contributed by atoms with Gasteiger partial charge in [-0.2, -0.15) is 0 Å². The Morgan fingerprint density at radius 1 is 1.27 bits per heavy atom. The zero-order valence-electron chi connectivity index (χ0n) is 11.8. The highest BCUT2D eigenvalue weighted by molar-refractivity contribution is 6.31. The van der Waals surface area contributed by atoms with Crippen LogP contribution in [0, 0.1) is 0 Å². The van der Waals surface area contributed by atoms with Gasteiger partial charge < -0.3 is 9.88 Å². The van der Waals surface area contributed by atoms with E-state index in [2.05, 4.69) is 9.97 Å². The van der Waals surface area contributed by atoms with Gasteiger partial charge in [-0.3, -0.25) is 4.79 Å². The molecule has 0 saturated heterocycles. The number of nitrogens with one attached hydrogen (secondary N) is 1. The molecule has 0 aliphatic carbocycles. The van der Waals surface area contributed by atoms with Crippen molar-refractivity contribution in [1.29, 1.82) is 0 Å². The lowest BCUT2D eigenvalue weighted by molar-refractivity contribution is 0.0735. The van der Waals surface area contributed by atoms with E-state index >= 15 is 0 Å². The highest BCUT2D eigenvalue weighted by Gasteiger charge is 2.25. The molecule has 4 nitrogen and oxygen atoms in total. The fourth-order valence-corrected chi connectivity index (χ4v) is 3.16. The summed E-state index contributed by atoms with van der Waals surface area (Å²) in [6.45, 7) is 1.30. The SMILES string of the molecule is O=C(c1ccccc1)N1CCc2[nH]c3ncc(Cl)cc3c2C1. The molecule has 1 aliphatic rings. The Bertz CT molecular complexity index is 857. The molecule has 22 heavy (non-hydrogen) atoms. The van der Waals surface area contributed by atoms with Gasteiger partial charge in [-0.05, 0) is 18.2 Å². The molecule has 0 atom stereocenters. The number of nitrogens with zero attached hydrogens (tertiary/aromatic N) is 2. The van der Waals surface area contributed by atoms with Gasteiger partial charge in [-0.15, -0.1) is 0 Å². The van der Waals surface area contributed by atoms with E-state index in [9.17, 15) is 4.79 Å². The van der Waals surface area contributed by atoms with Gasteiger partial charge in [0.1, 0.15) is 5.65 Å². The maximum atomic E-state index is 12.6. The van der Waals surface area contributed by atoms with Crippen LogP contribution in [0.1, 0.15) is 21.6 Å². The van der Waals surface area contributed by atoms with Gasteiger partial charge in [0.25, 0.3) is 5.91 Å². The van der Waals surface area contributed by atoms with Crippen LogP contribution in [-0.2, 0) is 13.0 Å². The van der Waals surface area contributed by atoms with Crippen molar-refractivity contribution >= 4 is 28.5 Å². The molecule has 0 fully saturated rings. The van der Waals surface area contributed by atoms with Crippen LogP contribution in [0.2, 0.25) is 5.02 Å². The van der Waals surface area contributed by atoms with Gasteiger partial charge in [-0.25, -0.2) is 4.98 Å². The van der Waals surface area contributed by atoms with Crippen molar-refractivity contribution < 1.29 is 4.79 Å². The number of fused-ring (bicyclic) bond motifs is 3. The summed E-state index contributed by atoms with van der Waals surface area (Å²) in [5.41, 5.74) is 3.84. The van der Waals surface area contributed by atoms with Gasteiger partial charge >= 0.3 is 0 Å². The summed E-state index contributed by atoms with van der Waals surface area (Å²) in [5.74, 6) is 0.0654. The fraction of sp³-hybridized carbons (Fsp3) is 0.176. The topological polar surface area (TPSA) is 49.0 Å². The average Bonchev–Trinajstić information content (AvgIpc) is 2.92. The van der Waals surface area contributed by atoms with Crippen molar-refractivity contribution in [1.82, 2.24) is 14.9 Å². The van der Waals surface area contributed by atoms with Crippen molar-refractivity contribution in [2.45, 2.75) is 13.0 Å². The summed E-state index contributed by atoms with van der Waals surface area (Å²) < 4.78 is 0. The molecule has 4 rings (SSSR count). The Morgan fingerprint density at radius 3 is 2.91 bits per heavy atom. The lowest BCUT2D eigenvalue weighted by Crippen LogP contribution is -2.35. The molecular formula is C17H14ClN3O. The maximum absolute atomic E-state index is 12.6. The third-order valence-corrected chi connectivity index (χ3v) is 4.31. The molecule has 3 aromatic rings. The van der Waals surface area contributed by atoms with Crippen LogP contribution in [0.25, 0.3) is 11.0 Å². The van der Waals surface area contributed by atoms with Crippen LogP contribution < -0.4 is 0 Å². The predicted octanol–water partition coefficient (Wildman–Crippen LogP) is 3.41. The minimum absolute atomic E-state index is 0.0654. The third-order valence-electron chi connectivity index (χ3n) is 4.10. The standard InChI is InChI=1S/C17H14ClN3O/c18-12-8-13-14-10-21(17(22)11-4-2-1-3-5-11)7-6-15(14)20-16(13)19-9-12/h1-5,8-9H,6-7,10H2,(H,19,20). The number of hydrogen-bond acceptors (Lipinski definition) is 2. The highest BCUT2D eigenvalue weighted by Crippen LogP contribution is 2.29. The summed E-state index contributed by atoms with van der Waals surface area (Å²) in [5, 5.41) is 1.62. The van der Waals surface area contributed by atoms with Gasteiger partial charge in [-0.1, -0.05) is 29.8 Å². The number of amides is 1. The molecule has 110 valence electrons. The lowest BCUT2D eigenvalue weighted by atomic mass is 10.0. The number of H-pyrrole nitrogens is 1. The molecule has 0 saturated carbocycles. The van der Waals surface area contributed by atoms with E-state index < -0.39 is 0 Å². The summed E-state index contributed by atoms with van der Waals surface area (Å²) in [4.78, 5) is 22.1. The van der Waals surface area contributed by atoms with E-state index in [4.69, 9.17) is 11.6 Å². The summed E-state index contributed by atoms with van der Waals surface area (Å²) in [7, 11) is 0. The van der Waals surface area contributed by atoms with Crippen molar-refractivity contribution in [3.05, 3.63) is 64.4 Å². The van der Waals surface area contributed by atoms with E-state index in [0.29, 0.717) is 18.1 Å². The summed E-state index contributed by atoms with van der Waals surface area (Å²) in [6.07, 6.45) is 2.45. The van der Waals surface area contributed by atoms with Crippen LogP contribution in [0.3, 0.4) is 0 Å². The number of halogens is 1. The van der Waals surface area contributed by atoms with E-state index in [1.165, 1.54) is 0 Å². The summed E-state index contributed by atoms with van der Waals surface area (Å²) in [6, 6.07) is 11.3. The molecule has 1 amide bonds. The van der Waals surface area contributed by atoms with E-state index in [1.807, 2.05) is 41.3 Å². The monoisotopic (exact) mass is 311 g/mol. The Hall–Kier alpha value is -2.33. The number of carbonyl (C=O) groups is 1. The molecular weight excluding hydrogens is 298 g/mol. The van der Waals surface area contributed by atoms with Gasteiger partial charge in [0, 0.05) is 47.9 Å². The quantitative estimate of drug-likeness (QED) is 0.748. The molecule has 5 heteroatoms. The number of rotatable bonds is 1. The second-order valence-corrected chi connectivity index (χ2v) is 5.91. The summed E-state index contributed by atoms with van der Waals surface area (Å²) >= 11 is 6.06.